The third-order valence-corrected chi connectivity index (χ3v) is 3.36. The van der Waals surface area contributed by atoms with E-state index in [2.05, 4.69) is 32.9 Å². The fourth-order valence-corrected chi connectivity index (χ4v) is 2.34. The number of carbonyl (C=O) groups is 1. The highest BCUT2D eigenvalue weighted by Gasteiger charge is 2.08. The second kappa shape index (κ2) is 4.79. The Labute approximate surface area is 109 Å². The average molecular weight is 346 g/mol. The van der Waals surface area contributed by atoms with E-state index in [-0.39, 0.29) is 4.88 Å². The van der Waals surface area contributed by atoms with Crippen LogP contribution in [0.25, 0.3) is 0 Å². The number of nitrogens with one attached hydrogen (secondary N) is 1. The van der Waals surface area contributed by atoms with E-state index in [1.165, 1.54) is 6.20 Å². The number of aromatic nitrogens is 1. The minimum absolute atomic E-state index is 0.230. The SMILES string of the molecule is O=C(O)c1cnc(Nc2cccc(I)c2)s1. The maximum Gasteiger partial charge on any atom is 0.347 e. The number of thiazole rings is 1. The van der Waals surface area contributed by atoms with Crippen LogP contribution in [0.1, 0.15) is 9.67 Å². The fraction of sp³-hybridized carbons (Fsp3) is 0. The predicted molar refractivity (Wildman–Crippen MR) is 71.5 cm³/mol. The lowest BCUT2D eigenvalue weighted by molar-refractivity contribution is 0.0702. The number of carboxylic acid groups (broad SMARTS) is 1. The van der Waals surface area contributed by atoms with Gasteiger partial charge in [-0.05, 0) is 40.8 Å². The van der Waals surface area contributed by atoms with Crippen LogP contribution in [0.4, 0.5) is 10.8 Å². The molecule has 0 aliphatic carbocycles. The van der Waals surface area contributed by atoms with Crippen LogP contribution >= 0.6 is 33.9 Å². The summed E-state index contributed by atoms with van der Waals surface area (Å²) in [5.41, 5.74) is 0.901. The van der Waals surface area contributed by atoms with Crippen LogP contribution in [-0.2, 0) is 0 Å². The van der Waals surface area contributed by atoms with Gasteiger partial charge in [-0.2, -0.15) is 0 Å². The van der Waals surface area contributed by atoms with E-state index >= 15 is 0 Å². The lowest BCUT2D eigenvalue weighted by Gasteiger charge is -2.01. The van der Waals surface area contributed by atoms with E-state index in [9.17, 15) is 4.79 Å². The molecular weight excluding hydrogens is 339 g/mol. The van der Waals surface area contributed by atoms with E-state index in [4.69, 9.17) is 5.11 Å². The first-order valence-electron chi connectivity index (χ1n) is 4.37. The van der Waals surface area contributed by atoms with Gasteiger partial charge in [0.2, 0.25) is 0 Å². The number of nitrogens with zero attached hydrogens (tertiary/aromatic N) is 1. The lowest BCUT2D eigenvalue weighted by atomic mass is 10.3. The molecule has 0 saturated carbocycles. The van der Waals surface area contributed by atoms with Crippen LogP contribution < -0.4 is 5.32 Å². The molecular formula is C10H7IN2O2S. The summed E-state index contributed by atoms with van der Waals surface area (Å²) in [5, 5.41) is 12.4. The van der Waals surface area contributed by atoms with Crippen molar-refractivity contribution in [2.75, 3.05) is 5.32 Å². The van der Waals surface area contributed by atoms with Crippen molar-refractivity contribution in [3.05, 3.63) is 38.9 Å². The molecule has 0 atom stereocenters. The van der Waals surface area contributed by atoms with Gasteiger partial charge in [0, 0.05) is 9.26 Å². The number of benzene rings is 1. The number of aromatic carboxylic acids is 1. The van der Waals surface area contributed by atoms with Crippen molar-refractivity contribution in [3.8, 4) is 0 Å². The summed E-state index contributed by atoms with van der Waals surface area (Å²) in [4.78, 5) is 14.9. The molecule has 0 spiro atoms. The van der Waals surface area contributed by atoms with E-state index in [0.29, 0.717) is 5.13 Å². The van der Waals surface area contributed by atoms with E-state index < -0.39 is 5.97 Å². The Morgan fingerprint density at radius 3 is 2.94 bits per heavy atom. The summed E-state index contributed by atoms with van der Waals surface area (Å²) in [6.45, 7) is 0. The highest BCUT2D eigenvalue weighted by molar-refractivity contribution is 14.1. The topological polar surface area (TPSA) is 62.2 Å². The van der Waals surface area contributed by atoms with Crippen molar-refractivity contribution in [1.82, 2.24) is 4.98 Å². The van der Waals surface area contributed by atoms with Crippen molar-refractivity contribution in [1.29, 1.82) is 0 Å². The van der Waals surface area contributed by atoms with E-state index in [1.54, 1.807) is 0 Å². The van der Waals surface area contributed by atoms with E-state index in [1.807, 2.05) is 24.3 Å². The van der Waals surface area contributed by atoms with Gasteiger partial charge in [-0.15, -0.1) is 0 Å². The first-order chi connectivity index (χ1) is 7.65. The molecule has 0 unspecified atom stereocenters. The summed E-state index contributed by atoms with van der Waals surface area (Å²) >= 11 is 3.33. The van der Waals surface area contributed by atoms with Crippen LogP contribution in [-0.4, -0.2) is 16.1 Å². The van der Waals surface area contributed by atoms with Gasteiger partial charge in [-0.3, -0.25) is 0 Å². The van der Waals surface area contributed by atoms with Crippen molar-refractivity contribution < 1.29 is 9.90 Å². The Hall–Kier alpha value is -1.15. The van der Waals surface area contributed by atoms with Crippen molar-refractivity contribution in [2.45, 2.75) is 0 Å². The average Bonchev–Trinajstić information content (AvgIpc) is 2.66. The Kier molecular flexibility index (Phi) is 3.39. The van der Waals surface area contributed by atoms with Crippen molar-refractivity contribution >= 4 is 50.7 Å². The molecule has 6 heteroatoms. The molecule has 0 amide bonds. The largest absolute Gasteiger partial charge is 0.477 e. The van der Waals surface area contributed by atoms with Crippen molar-refractivity contribution in [3.63, 3.8) is 0 Å². The van der Waals surface area contributed by atoms with Gasteiger partial charge < -0.3 is 10.4 Å². The summed E-state index contributed by atoms with van der Waals surface area (Å²) in [7, 11) is 0. The van der Waals surface area contributed by atoms with Crippen LogP contribution in [0.2, 0.25) is 0 Å². The molecule has 0 saturated heterocycles. The molecule has 1 aromatic heterocycles. The highest BCUT2D eigenvalue weighted by Crippen LogP contribution is 2.23. The number of carboxylic acids is 1. The number of hydrogen-bond acceptors (Lipinski definition) is 4. The van der Waals surface area contributed by atoms with Crippen LogP contribution in [0, 0.1) is 3.57 Å². The molecule has 16 heavy (non-hydrogen) atoms. The minimum Gasteiger partial charge on any atom is -0.477 e. The number of hydrogen-bond donors (Lipinski definition) is 2. The van der Waals surface area contributed by atoms with Gasteiger partial charge in [-0.25, -0.2) is 9.78 Å². The van der Waals surface area contributed by atoms with Crippen LogP contribution in [0.5, 0.6) is 0 Å². The van der Waals surface area contributed by atoms with E-state index in [0.717, 1.165) is 20.6 Å². The summed E-state index contributed by atoms with van der Waals surface area (Å²) < 4.78 is 1.11. The molecule has 0 aliphatic heterocycles. The maximum absolute atomic E-state index is 10.7. The van der Waals surface area contributed by atoms with Gasteiger partial charge >= 0.3 is 5.97 Å². The summed E-state index contributed by atoms with van der Waals surface area (Å²) in [6, 6.07) is 7.78. The lowest BCUT2D eigenvalue weighted by Crippen LogP contribution is -1.90. The molecule has 0 aliphatic rings. The number of halogens is 1. The second-order valence-corrected chi connectivity index (χ2v) is 5.25. The monoisotopic (exact) mass is 346 g/mol. The van der Waals surface area contributed by atoms with Crippen LogP contribution in [0.15, 0.2) is 30.5 Å². The Bertz CT molecular complexity index is 527. The third kappa shape index (κ3) is 2.70. The first-order valence-corrected chi connectivity index (χ1v) is 6.26. The van der Waals surface area contributed by atoms with Crippen molar-refractivity contribution in [2.24, 2.45) is 0 Å². The van der Waals surface area contributed by atoms with Gasteiger partial charge in [0.1, 0.15) is 4.88 Å². The molecule has 0 radical (unpaired) electrons. The maximum atomic E-state index is 10.7. The predicted octanol–water partition coefficient (Wildman–Crippen LogP) is 3.19. The second-order valence-electron chi connectivity index (χ2n) is 2.97. The molecule has 1 aromatic carbocycles. The third-order valence-electron chi connectivity index (χ3n) is 1.79. The molecule has 1 heterocycles. The molecule has 2 N–H and O–H groups in total. The standard InChI is InChI=1S/C10H7IN2O2S/c11-6-2-1-3-7(4-6)13-10-12-5-8(16-10)9(14)15/h1-5H,(H,12,13)(H,14,15). The minimum atomic E-state index is -0.951. The Morgan fingerprint density at radius 2 is 2.31 bits per heavy atom. The molecule has 0 bridgehead atoms. The van der Waals surface area contributed by atoms with Gasteiger partial charge in [0.15, 0.2) is 5.13 Å². The first kappa shape index (κ1) is 11.3. The zero-order valence-corrected chi connectivity index (χ0v) is 10.9. The van der Waals surface area contributed by atoms with Crippen LogP contribution in [0.3, 0.4) is 0 Å². The number of rotatable bonds is 3. The Morgan fingerprint density at radius 1 is 1.50 bits per heavy atom. The Balaban J connectivity index is 2.17. The quantitative estimate of drug-likeness (QED) is 0.838. The summed E-state index contributed by atoms with van der Waals surface area (Å²) in [6.07, 6.45) is 1.35. The smallest absolute Gasteiger partial charge is 0.347 e. The fourth-order valence-electron chi connectivity index (χ4n) is 1.12. The van der Waals surface area contributed by atoms with Gasteiger partial charge in [-0.1, -0.05) is 17.4 Å². The normalized spacial score (nSPS) is 10.1. The van der Waals surface area contributed by atoms with Gasteiger partial charge in [0.25, 0.3) is 0 Å². The molecule has 2 rings (SSSR count). The molecule has 0 fully saturated rings. The zero-order valence-electron chi connectivity index (χ0n) is 7.98. The number of anilines is 2. The zero-order chi connectivity index (χ0) is 11.5. The molecule has 4 nitrogen and oxygen atoms in total. The highest BCUT2D eigenvalue weighted by atomic mass is 127. The van der Waals surface area contributed by atoms with Gasteiger partial charge in [0.05, 0.1) is 6.20 Å². The molecule has 2 aromatic rings. The summed E-state index contributed by atoms with van der Waals surface area (Å²) in [5.74, 6) is -0.951. The molecule has 82 valence electrons.